The van der Waals surface area contributed by atoms with Gasteiger partial charge in [0.15, 0.2) is 5.82 Å². The quantitative estimate of drug-likeness (QED) is 0.346. The molecule has 0 unspecified atom stereocenters. The molecule has 3 aromatic rings. The SMILES string of the molecule is CNC1CCN(c2cnc3c(C)nnc(N[C@H](C)c4cccc(C(F)F)c4F)c3c2)CC1.O=C(O)C(F)(F)F. The Bertz CT molecular complexity index is 1300. The number of aliphatic carboxylic acids is 1. The summed E-state index contributed by atoms with van der Waals surface area (Å²) < 4.78 is 72.6. The van der Waals surface area contributed by atoms with E-state index in [2.05, 4.69) is 30.7 Å². The van der Waals surface area contributed by atoms with Crippen molar-refractivity contribution in [3.05, 3.63) is 53.1 Å². The van der Waals surface area contributed by atoms with Gasteiger partial charge in [0, 0.05) is 30.1 Å². The van der Waals surface area contributed by atoms with Crippen molar-refractivity contribution in [2.24, 2.45) is 0 Å². The molecule has 8 nitrogen and oxygen atoms in total. The van der Waals surface area contributed by atoms with E-state index in [0.717, 1.165) is 43.1 Å². The Morgan fingerprint density at radius 1 is 1.15 bits per heavy atom. The lowest BCUT2D eigenvalue weighted by Gasteiger charge is -2.33. The number of benzene rings is 1. The molecule has 39 heavy (non-hydrogen) atoms. The molecule has 1 atom stereocenters. The molecule has 2 aromatic heterocycles. The van der Waals surface area contributed by atoms with Crippen LogP contribution in [0.1, 0.15) is 49.1 Å². The average molecular weight is 559 g/mol. The fourth-order valence-corrected chi connectivity index (χ4v) is 4.21. The number of halogens is 6. The highest BCUT2D eigenvalue weighted by molar-refractivity contribution is 5.92. The van der Waals surface area contributed by atoms with Crippen molar-refractivity contribution >= 4 is 28.4 Å². The van der Waals surface area contributed by atoms with E-state index >= 15 is 0 Å². The van der Waals surface area contributed by atoms with Crippen LogP contribution in [-0.4, -0.2) is 58.6 Å². The summed E-state index contributed by atoms with van der Waals surface area (Å²) in [5.41, 5.74) is 1.91. The third kappa shape index (κ3) is 7.25. The Balaban J connectivity index is 0.000000532. The highest BCUT2D eigenvalue weighted by Crippen LogP contribution is 2.32. The molecule has 1 aromatic carbocycles. The average Bonchev–Trinajstić information content (AvgIpc) is 2.90. The number of alkyl halides is 5. The first-order chi connectivity index (χ1) is 18.3. The molecule has 3 heterocycles. The number of hydrogen-bond donors (Lipinski definition) is 3. The molecule has 1 fully saturated rings. The van der Waals surface area contributed by atoms with E-state index in [1.54, 1.807) is 6.92 Å². The first-order valence-corrected chi connectivity index (χ1v) is 12.0. The van der Waals surface area contributed by atoms with E-state index in [1.165, 1.54) is 12.1 Å². The Kier molecular flexibility index (Phi) is 9.54. The number of carboxylic acid groups (broad SMARTS) is 1. The monoisotopic (exact) mass is 558 g/mol. The number of carboxylic acids is 1. The molecule has 1 saturated heterocycles. The summed E-state index contributed by atoms with van der Waals surface area (Å²) >= 11 is 0. The molecule has 0 aliphatic carbocycles. The first-order valence-electron chi connectivity index (χ1n) is 12.0. The van der Waals surface area contributed by atoms with Crippen LogP contribution in [0.5, 0.6) is 0 Å². The van der Waals surface area contributed by atoms with Gasteiger partial charge in [-0.2, -0.15) is 18.3 Å². The maximum Gasteiger partial charge on any atom is 0.490 e. The molecule has 212 valence electrons. The second kappa shape index (κ2) is 12.5. The Labute approximate surface area is 220 Å². The minimum atomic E-state index is -5.08. The summed E-state index contributed by atoms with van der Waals surface area (Å²) in [5.74, 6) is -3.22. The fourth-order valence-electron chi connectivity index (χ4n) is 4.21. The highest BCUT2D eigenvalue weighted by Gasteiger charge is 2.38. The van der Waals surface area contributed by atoms with Crippen molar-refractivity contribution < 1.29 is 36.2 Å². The number of anilines is 2. The highest BCUT2D eigenvalue weighted by atomic mass is 19.4. The summed E-state index contributed by atoms with van der Waals surface area (Å²) in [6.07, 6.45) is -4.02. The van der Waals surface area contributed by atoms with E-state index in [0.29, 0.717) is 23.1 Å². The smallest absolute Gasteiger partial charge is 0.475 e. The predicted molar refractivity (Wildman–Crippen MR) is 133 cm³/mol. The van der Waals surface area contributed by atoms with Crippen LogP contribution >= 0.6 is 0 Å². The summed E-state index contributed by atoms with van der Waals surface area (Å²) in [5, 5.41) is 22.8. The van der Waals surface area contributed by atoms with Crippen LogP contribution in [0.15, 0.2) is 30.5 Å². The fraction of sp³-hybridized carbons (Fsp3) is 0.440. The van der Waals surface area contributed by atoms with Crippen LogP contribution in [0.3, 0.4) is 0 Å². The number of pyridine rings is 1. The van der Waals surface area contributed by atoms with Crippen LogP contribution in [0.25, 0.3) is 10.9 Å². The first kappa shape index (κ1) is 29.9. The number of rotatable bonds is 6. The number of nitrogens with zero attached hydrogens (tertiary/aromatic N) is 4. The van der Waals surface area contributed by atoms with Gasteiger partial charge < -0.3 is 20.6 Å². The molecule has 0 saturated carbocycles. The van der Waals surface area contributed by atoms with Gasteiger partial charge in [-0.25, -0.2) is 18.0 Å². The van der Waals surface area contributed by atoms with Crippen molar-refractivity contribution in [3.63, 3.8) is 0 Å². The van der Waals surface area contributed by atoms with Gasteiger partial charge >= 0.3 is 12.1 Å². The van der Waals surface area contributed by atoms with E-state index in [4.69, 9.17) is 9.90 Å². The zero-order chi connectivity index (χ0) is 28.9. The van der Waals surface area contributed by atoms with Gasteiger partial charge in [0.25, 0.3) is 6.43 Å². The second-order valence-electron chi connectivity index (χ2n) is 8.99. The molecule has 1 aliphatic heterocycles. The lowest BCUT2D eigenvalue weighted by atomic mass is 10.0. The Hall–Kier alpha value is -3.68. The molecular formula is C25H28F6N6O2. The normalized spacial score (nSPS) is 15.2. The van der Waals surface area contributed by atoms with Gasteiger partial charge in [-0.05, 0) is 39.8 Å². The minimum absolute atomic E-state index is 0.150. The molecule has 0 bridgehead atoms. The molecular weight excluding hydrogens is 530 g/mol. The van der Waals surface area contributed by atoms with Gasteiger partial charge in [0.1, 0.15) is 5.82 Å². The molecule has 1 aliphatic rings. The summed E-state index contributed by atoms with van der Waals surface area (Å²) in [7, 11) is 1.98. The van der Waals surface area contributed by atoms with Crippen LogP contribution in [-0.2, 0) is 4.79 Å². The van der Waals surface area contributed by atoms with E-state index < -0.39 is 36.0 Å². The van der Waals surface area contributed by atoms with E-state index in [1.807, 2.05) is 26.2 Å². The van der Waals surface area contributed by atoms with Crippen molar-refractivity contribution in [2.45, 2.75) is 51.4 Å². The molecule has 0 radical (unpaired) electrons. The molecule has 3 N–H and O–H groups in total. The zero-order valence-corrected chi connectivity index (χ0v) is 21.4. The predicted octanol–water partition coefficient (Wildman–Crippen LogP) is 5.40. The largest absolute Gasteiger partial charge is 0.490 e. The van der Waals surface area contributed by atoms with Crippen LogP contribution < -0.4 is 15.5 Å². The number of aryl methyl sites for hydroxylation is 1. The van der Waals surface area contributed by atoms with E-state index in [-0.39, 0.29) is 5.56 Å². The van der Waals surface area contributed by atoms with Crippen LogP contribution in [0.4, 0.5) is 37.8 Å². The minimum Gasteiger partial charge on any atom is -0.475 e. The number of carbonyl (C=O) groups is 1. The number of hydrogen-bond acceptors (Lipinski definition) is 7. The summed E-state index contributed by atoms with van der Waals surface area (Å²) in [4.78, 5) is 15.8. The van der Waals surface area contributed by atoms with Gasteiger partial charge in [-0.1, -0.05) is 18.2 Å². The Morgan fingerprint density at radius 2 is 1.77 bits per heavy atom. The molecule has 0 spiro atoms. The van der Waals surface area contributed by atoms with Crippen LogP contribution in [0.2, 0.25) is 0 Å². The topological polar surface area (TPSA) is 103 Å². The third-order valence-corrected chi connectivity index (χ3v) is 6.40. The standard InChI is InChI=1S/C23H27F3N6.C2HF3O2/c1-13(17-5-4-6-18(20(17)24)22(25)26)29-23-19-11-16(12-28-21(19)14(2)30-31-23)32-9-7-15(27-3)8-10-32;3-2(4,5)1(6)7/h4-6,11-13,15,22,27H,7-10H2,1-3H3,(H,29,31);(H,6,7)/t13-;/m1./s1. The van der Waals surface area contributed by atoms with Crippen molar-refractivity contribution in [1.82, 2.24) is 20.5 Å². The number of fused-ring (bicyclic) bond motifs is 1. The third-order valence-electron chi connectivity index (χ3n) is 6.40. The summed E-state index contributed by atoms with van der Waals surface area (Å²) in [6.45, 7) is 5.38. The number of aromatic nitrogens is 3. The zero-order valence-electron chi connectivity index (χ0n) is 21.4. The van der Waals surface area contributed by atoms with Gasteiger partial charge in [-0.15, -0.1) is 5.10 Å². The van der Waals surface area contributed by atoms with Crippen LogP contribution in [0, 0.1) is 12.7 Å². The lowest BCUT2D eigenvalue weighted by molar-refractivity contribution is -0.192. The summed E-state index contributed by atoms with van der Waals surface area (Å²) in [6, 6.07) is 5.98. The van der Waals surface area contributed by atoms with Gasteiger partial charge in [-0.3, -0.25) is 4.98 Å². The van der Waals surface area contributed by atoms with Gasteiger partial charge in [0.2, 0.25) is 0 Å². The van der Waals surface area contributed by atoms with Crippen molar-refractivity contribution in [1.29, 1.82) is 0 Å². The Morgan fingerprint density at radius 3 is 2.33 bits per heavy atom. The maximum atomic E-state index is 14.6. The number of nitrogens with one attached hydrogen (secondary N) is 2. The number of piperidine rings is 1. The molecule has 14 heteroatoms. The second-order valence-corrected chi connectivity index (χ2v) is 8.99. The van der Waals surface area contributed by atoms with Crippen molar-refractivity contribution in [2.75, 3.05) is 30.4 Å². The molecule has 0 amide bonds. The maximum absolute atomic E-state index is 14.6. The lowest BCUT2D eigenvalue weighted by Crippen LogP contribution is -2.41. The van der Waals surface area contributed by atoms with Crippen molar-refractivity contribution in [3.8, 4) is 0 Å². The van der Waals surface area contributed by atoms with Gasteiger partial charge in [0.05, 0.1) is 34.7 Å². The molecule has 4 rings (SSSR count). The van der Waals surface area contributed by atoms with E-state index in [9.17, 15) is 26.3 Å².